The molecule has 0 saturated carbocycles. The van der Waals surface area contributed by atoms with Gasteiger partial charge in [-0.3, -0.25) is 9.80 Å². The Morgan fingerprint density at radius 2 is 1.76 bits per heavy atom. The number of halogens is 2. The summed E-state index contributed by atoms with van der Waals surface area (Å²) < 4.78 is 28.7. The molecule has 6 heterocycles. The van der Waals surface area contributed by atoms with Gasteiger partial charge >= 0.3 is 12.1 Å². The Hall–Kier alpha value is -4.14. The number of methoxy groups -OCH3 is 3. The Kier molecular flexibility index (Phi) is 12.4. The summed E-state index contributed by atoms with van der Waals surface area (Å²) in [7, 11) is 4.59. The van der Waals surface area contributed by atoms with Crippen LogP contribution in [-0.2, 0) is 22.4 Å². The molecule has 12 nitrogen and oxygen atoms in total. The number of amides is 1. The molecule has 266 valence electrons. The van der Waals surface area contributed by atoms with Gasteiger partial charge in [-0.1, -0.05) is 29.3 Å². The first-order chi connectivity index (χ1) is 23.8. The zero-order valence-electron chi connectivity index (χ0n) is 27.8. The largest absolute Gasteiger partial charge is 0.870 e. The van der Waals surface area contributed by atoms with Gasteiger partial charge < -0.3 is 29.2 Å². The standard InChI is InChI=1S/C35H36Cl2N4O7S.H2O/c1-44-28-8-6-22(15-30(28)45-2)29(16-24-25(36)17-38-18-26(24)37)47-34(42)32-9-7-23(49-32)19-41(27-5-4-12-39-33(27)46-3)35(43)48-31-20-40-13-10-21(31)11-14-40;/h4-9,12,15,17-18,21,29,31H,10-11,13-14,16,19-20H2,1-3H3;1H2/t29-,31-;/m0./s1. The van der Waals surface area contributed by atoms with E-state index in [4.69, 9.17) is 46.9 Å². The number of nitrogens with one attached hydrogen (secondary N) is 1. The number of thiophene rings is 1. The molecule has 0 aliphatic carbocycles. The SMILES string of the molecule is COc1ccc([C@H](Cc2c(Cl)c[nH+]cc2Cl)OC(=O)c2ccc(CN(C(=O)O[C@H]3CN4CCC3CC4)c3cccnc3OC)s2)cc1OC.[OH-]. The number of esters is 1. The fraction of sp³-hybridized carbons (Fsp3) is 0.371. The number of anilines is 1. The van der Waals surface area contributed by atoms with Gasteiger partial charge in [0.1, 0.15) is 32.8 Å². The van der Waals surface area contributed by atoms with E-state index in [1.807, 2.05) is 0 Å². The summed E-state index contributed by atoms with van der Waals surface area (Å²) in [4.78, 5) is 39.7. The van der Waals surface area contributed by atoms with Crippen molar-refractivity contribution in [3.63, 3.8) is 0 Å². The molecule has 1 aromatic carbocycles. The number of carbonyl (C=O) groups excluding carboxylic acids is 2. The zero-order valence-corrected chi connectivity index (χ0v) is 30.1. The van der Waals surface area contributed by atoms with Crippen LogP contribution in [0.5, 0.6) is 17.4 Å². The van der Waals surface area contributed by atoms with Crippen molar-refractivity contribution < 1.29 is 43.7 Å². The lowest BCUT2D eigenvalue weighted by molar-refractivity contribution is -0.377. The van der Waals surface area contributed by atoms with E-state index in [2.05, 4.69) is 14.9 Å². The molecule has 7 rings (SSSR count). The predicted octanol–water partition coefficient (Wildman–Crippen LogP) is 6.49. The number of carbonyl (C=O) groups is 2. The summed E-state index contributed by atoms with van der Waals surface area (Å²) in [5, 5.41) is 0.812. The van der Waals surface area contributed by atoms with Crippen LogP contribution in [0, 0.1) is 5.92 Å². The zero-order chi connectivity index (χ0) is 34.5. The minimum absolute atomic E-state index is 0. The lowest BCUT2D eigenvalue weighted by Gasteiger charge is -2.44. The van der Waals surface area contributed by atoms with Crippen LogP contribution in [0.1, 0.15) is 44.6 Å². The van der Waals surface area contributed by atoms with Gasteiger partial charge in [0.15, 0.2) is 23.9 Å². The van der Waals surface area contributed by atoms with Crippen LogP contribution in [0.3, 0.4) is 0 Å². The Bertz CT molecular complexity index is 1780. The van der Waals surface area contributed by atoms with Gasteiger partial charge in [-0.2, -0.15) is 0 Å². The van der Waals surface area contributed by atoms with Gasteiger partial charge in [0.25, 0.3) is 0 Å². The second kappa shape index (κ2) is 16.7. The molecule has 2 N–H and O–H groups in total. The highest BCUT2D eigenvalue weighted by atomic mass is 35.5. The summed E-state index contributed by atoms with van der Waals surface area (Å²) >= 11 is 14.2. The smallest absolute Gasteiger partial charge is 0.415 e. The van der Waals surface area contributed by atoms with Crippen molar-refractivity contribution in [3.8, 4) is 17.4 Å². The first-order valence-electron chi connectivity index (χ1n) is 15.8. The van der Waals surface area contributed by atoms with Crippen LogP contribution >= 0.6 is 34.5 Å². The normalized spacial score (nSPS) is 18.4. The second-order valence-corrected chi connectivity index (χ2v) is 13.8. The van der Waals surface area contributed by atoms with Gasteiger partial charge in [-0.25, -0.2) is 19.6 Å². The first-order valence-corrected chi connectivity index (χ1v) is 17.4. The van der Waals surface area contributed by atoms with Gasteiger partial charge in [-0.15, -0.1) is 11.3 Å². The maximum absolute atomic E-state index is 13.8. The molecule has 3 aromatic heterocycles. The van der Waals surface area contributed by atoms with Gasteiger partial charge in [-0.05, 0) is 73.8 Å². The molecular weight excluding hydrogens is 707 g/mol. The molecule has 15 heteroatoms. The van der Waals surface area contributed by atoms with Crippen molar-refractivity contribution in [1.82, 2.24) is 9.88 Å². The topological polar surface area (TPSA) is 144 Å². The van der Waals surface area contributed by atoms with Crippen LogP contribution in [0.15, 0.2) is 61.1 Å². The Morgan fingerprint density at radius 1 is 1.02 bits per heavy atom. The lowest BCUT2D eigenvalue weighted by Crippen LogP contribution is -2.53. The van der Waals surface area contributed by atoms with Crippen molar-refractivity contribution in [2.75, 3.05) is 45.9 Å². The fourth-order valence-corrected chi connectivity index (χ4v) is 7.70. The van der Waals surface area contributed by atoms with E-state index in [1.54, 1.807) is 68.2 Å². The van der Waals surface area contributed by atoms with Crippen molar-refractivity contribution in [1.29, 1.82) is 0 Å². The average Bonchev–Trinajstić information content (AvgIpc) is 3.61. The number of ether oxygens (including phenoxy) is 5. The molecule has 3 aliphatic heterocycles. The number of aromatic nitrogens is 2. The van der Waals surface area contributed by atoms with E-state index < -0.39 is 18.2 Å². The minimum Gasteiger partial charge on any atom is -0.870 e. The summed E-state index contributed by atoms with van der Waals surface area (Å²) in [6, 6.07) is 12.3. The number of piperidine rings is 3. The number of fused-ring (bicyclic) bond motifs is 3. The average molecular weight is 746 g/mol. The highest BCUT2D eigenvalue weighted by Gasteiger charge is 2.38. The molecule has 0 radical (unpaired) electrons. The van der Waals surface area contributed by atoms with Gasteiger partial charge in [0.05, 0.1) is 27.9 Å². The second-order valence-electron chi connectivity index (χ2n) is 11.8. The maximum atomic E-state index is 13.8. The monoisotopic (exact) mass is 744 g/mol. The molecule has 2 atom stereocenters. The molecular formula is C35H38Cl2N4O8S. The maximum Gasteiger partial charge on any atom is 0.415 e. The van der Waals surface area contributed by atoms with E-state index >= 15 is 0 Å². The van der Waals surface area contributed by atoms with E-state index in [1.165, 1.54) is 30.5 Å². The Morgan fingerprint density at radius 3 is 2.42 bits per heavy atom. The first kappa shape index (κ1) is 37.1. The third-order valence-electron chi connectivity index (χ3n) is 8.90. The van der Waals surface area contributed by atoms with E-state index in [-0.39, 0.29) is 30.4 Å². The van der Waals surface area contributed by atoms with E-state index in [0.717, 1.165) is 37.4 Å². The summed E-state index contributed by atoms with van der Waals surface area (Å²) in [6.07, 6.45) is 5.59. The highest BCUT2D eigenvalue weighted by Crippen LogP contribution is 2.37. The summed E-state index contributed by atoms with van der Waals surface area (Å²) in [5.41, 5.74) is 1.74. The number of hydrogen-bond donors (Lipinski definition) is 0. The molecule has 50 heavy (non-hydrogen) atoms. The molecule has 2 bridgehead atoms. The number of pyridine rings is 2. The predicted molar refractivity (Wildman–Crippen MR) is 187 cm³/mol. The van der Waals surface area contributed by atoms with Crippen LogP contribution in [-0.4, -0.2) is 74.5 Å². The van der Waals surface area contributed by atoms with E-state index in [0.29, 0.717) is 49.2 Å². The van der Waals surface area contributed by atoms with Gasteiger partial charge in [0.2, 0.25) is 5.88 Å². The van der Waals surface area contributed by atoms with Crippen molar-refractivity contribution in [3.05, 3.63) is 92.0 Å². The third kappa shape index (κ3) is 8.24. The molecule has 3 fully saturated rings. The van der Waals surface area contributed by atoms with Gasteiger partial charge in [0, 0.05) is 29.6 Å². The van der Waals surface area contributed by atoms with Crippen molar-refractivity contribution in [2.45, 2.75) is 38.0 Å². The molecule has 0 spiro atoms. The van der Waals surface area contributed by atoms with Crippen LogP contribution in [0.2, 0.25) is 10.0 Å². The molecule has 1 amide bonds. The van der Waals surface area contributed by atoms with Crippen LogP contribution in [0.25, 0.3) is 0 Å². The molecule has 4 aromatic rings. The number of benzene rings is 1. The van der Waals surface area contributed by atoms with Crippen molar-refractivity contribution >= 4 is 52.3 Å². The lowest BCUT2D eigenvalue weighted by atomic mass is 9.86. The number of rotatable bonds is 12. The van der Waals surface area contributed by atoms with E-state index in [9.17, 15) is 9.59 Å². The molecule has 3 saturated heterocycles. The summed E-state index contributed by atoms with van der Waals surface area (Å²) in [6.45, 7) is 2.92. The Labute approximate surface area is 304 Å². The Balaban J connectivity index is 0.00000486. The fourth-order valence-electron chi connectivity index (χ4n) is 6.28. The molecule has 0 unspecified atom stereocenters. The number of nitrogens with zero attached hydrogens (tertiary/aromatic N) is 3. The van der Waals surface area contributed by atoms with Crippen molar-refractivity contribution in [2.24, 2.45) is 5.92 Å². The number of H-pyrrole nitrogens is 1. The molecule has 3 aliphatic rings. The number of hydrogen-bond acceptors (Lipinski definition) is 11. The highest BCUT2D eigenvalue weighted by molar-refractivity contribution is 7.14. The number of aromatic amines is 1. The minimum atomic E-state index is -0.775. The third-order valence-corrected chi connectivity index (χ3v) is 10.6. The van der Waals surface area contributed by atoms with Crippen LogP contribution in [0.4, 0.5) is 10.5 Å². The van der Waals surface area contributed by atoms with Crippen LogP contribution < -0.4 is 24.1 Å². The summed E-state index contributed by atoms with van der Waals surface area (Å²) in [5.74, 6) is 1.09. The quantitative estimate of drug-likeness (QED) is 0.148.